The molecule has 112 valence electrons. The minimum Gasteiger partial charge on any atom is -0.348 e. The van der Waals surface area contributed by atoms with E-state index in [4.69, 9.17) is 0 Å². The number of nitrogens with zero attached hydrogens (tertiary/aromatic N) is 3. The number of carbonyl (C=O) groups is 1. The van der Waals surface area contributed by atoms with E-state index in [9.17, 15) is 4.79 Å². The van der Waals surface area contributed by atoms with Crippen LogP contribution in [0.4, 0.5) is 0 Å². The van der Waals surface area contributed by atoms with Gasteiger partial charge in [0.15, 0.2) is 0 Å². The molecule has 1 atom stereocenters. The van der Waals surface area contributed by atoms with Crippen molar-refractivity contribution in [2.75, 3.05) is 14.1 Å². The number of hydrogen-bond acceptors (Lipinski definition) is 5. The summed E-state index contributed by atoms with van der Waals surface area (Å²) >= 11 is 3.35. The molecule has 0 aromatic carbocycles. The third kappa shape index (κ3) is 2.79. The smallest absolute Gasteiger partial charge is 0.235 e. The van der Waals surface area contributed by atoms with Crippen molar-refractivity contribution in [1.29, 1.82) is 0 Å². The Kier molecular flexibility index (Phi) is 4.17. The molecule has 0 saturated carbocycles. The van der Waals surface area contributed by atoms with Crippen molar-refractivity contribution < 1.29 is 4.79 Å². The molecule has 2 aromatic rings. The fourth-order valence-corrected chi connectivity index (χ4v) is 5.12. The van der Waals surface area contributed by atoms with Crippen molar-refractivity contribution in [1.82, 2.24) is 14.9 Å². The van der Waals surface area contributed by atoms with Crippen LogP contribution in [0.3, 0.4) is 0 Å². The molecule has 21 heavy (non-hydrogen) atoms. The second-order valence-electron chi connectivity index (χ2n) is 5.56. The van der Waals surface area contributed by atoms with Crippen LogP contribution in [0.25, 0.3) is 10.2 Å². The fourth-order valence-electron chi connectivity index (χ4n) is 2.73. The third-order valence-electron chi connectivity index (χ3n) is 3.79. The molecule has 0 bridgehead atoms. The summed E-state index contributed by atoms with van der Waals surface area (Å²) in [6, 6.07) is 0. The first-order valence-electron chi connectivity index (χ1n) is 7.21. The van der Waals surface area contributed by atoms with Crippen molar-refractivity contribution in [3.05, 3.63) is 16.8 Å². The van der Waals surface area contributed by atoms with Crippen molar-refractivity contribution in [2.45, 2.75) is 42.9 Å². The molecule has 0 unspecified atom stereocenters. The molecule has 4 nitrogen and oxygen atoms in total. The molecule has 0 aliphatic heterocycles. The van der Waals surface area contributed by atoms with Gasteiger partial charge >= 0.3 is 0 Å². The van der Waals surface area contributed by atoms with Crippen LogP contribution in [0.15, 0.2) is 11.4 Å². The van der Waals surface area contributed by atoms with Crippen molar-refractivity contribution in [3.8, 4) is 0 Å². The van der Waals surface area contributed by atoms with Gasteiger partial charge in [-0.1, -0.05) is 11.8 Å². The summed E-state index contributed by atoms with van der Waals surface area (Å²) in [6.45, 7) is 1.94. The number of aromatic nitrogens is 2. The van der Waals surface area contributed by atoms with Crippen LogP contribution in [-0.4, -0.2) is 40.1 Å². The summed E-state index contributed by atoms with van der Waals surface area (Å²) in [7, 11) is 3.59. The predicted octanol–water partition coefficient (Wildman–Crippen LogP) is 3.14. The maximum absolute atomic E-state index is 12.1. The van der Waals surface area contributed by atoms with Gasteiger partial charge in [-0.15, -0.1) is 11.3 Å². The zero-order chi connectivity index (χ0) is 15.0. The Hall–Kier alpha value is -1.14. The quantitative estimate of drug-likeness (QED) is 0.643. The van der Waals surface area contributed by atoms with Gasteiger partial charge in [-0.25, -0.2) is 9.97 Å². The Labute approximate surface area is 133 Å². The normalized spacial score (nSPS) is 15.8. The Morgan fingerprint density at radius 3 is 2.86 bits per heavy atom. The van der Waals surface area contributed by atoms with Gasteiger partial charge in [0, 0.05) is 24.4 Å². The minimum atomic E-state index is -0.128. The molecule has 0 spiro atoms. The molecule has 1 amide bonds. The summed E-state index contributed by atoms with van der Waals surface area (Å²) < 4.78 is 0. The molecule has 3 rings (SSSR count). The van der Waals surface area contributed by atoms with Crippen LogP contribution in [0.1, 0.15) is 30.2 Å². The van der Waals surface area contributed by atoms with E-state index in [1.807, 2.05) is 6.92 Å². The molecule has 1 aliphatic carbocycles. The van der Waals surface area contributed by atoms with E-state index in [1.54, 1.807) is 48.4 Å². The Bertz CT molecular complexity index is 681. The standard InChI is InChI=1S/C15H19N3OS2/c1-9(15(19)18(2)3)20-13-12-10-6-4-5-7-11(10)21-14(12)17-8-16-13/h8-9H,4-7H2,1-3H3/t9-/m0/s1. The maximum Gasteiger partial charge on any atom is 0.235 e. The number of thioether (sulfide) groups is 1. The number of amides is 1. The van der Waals surface area contributed by atoms with E-state index < -0.39 is 0 Å². The Morgan fingerprint density at radius 1 is 1.33 bits per heavy atom. The minimum absolute atomic E-state index is 0.121. The second kappa shape index (κ2) is 5.93. The maximum atomic E-state index is 12.1. The third-order valence-corrected chi connectivity index (χ3v) is 6.08. The molecule has 0 saturated heterocycles. The number of hydrogen-bond donors (Lipinski definition) is 0. The van der Waals surface area contributed by atoms with Gasteiger partial charge in [0.05, 0.1) is 5.25 Å². The van der Waals surface area contributed by atoms with Crippen molar-refractivity contribution >= 4 is 39.2 Å². The number of fused-ring (bicyclic) bond motifs is 3. The molecule has 6 heteroatoms. The SMILES string of the molecule is C[C@H](Sc1ncnc2sc3c(c12)CCCC3)C(=O)N(C)C. The summed E-state index contributed by atoms with van der Waals surface area (Å²) in [5, 5.41) is 2.03. The molecule has 1 aliphatic rings. The van der Waals surface area contributed by atoms with E-state index in [0.29, 0.717) is 0 Å². The number of carbonyl (C=O) groups excluding carboxylic acids is 1. The Balaban J connectivity index is 1.99. The average molecular weight is 321 g/mol. The number of rotatable bonds is 3. The number of thiophene rings is 1. The largest absolute Gasteiger partial charge is 0.348 e. The summed E-state index contributed by atoms with van der Waals surface area (Å²) in [6.07, 6.45) is 6.41. The monoisotopic (exact) mass is 321 g/mol. The van der Waals surface area contributed by atoms with Crippen LogP contribution in [0.2, 0.25) is 0 Å². The average Bonchev–Trinajstić information content (AvgIpc) is 2.85. The topological polar surface area (TPSA) is 46.1 Å². The zero-order valence-corrected chi connectivity index (χ0v) is 14.2. The highest BCUT2D eigenvalue weighted by molar-refractivity contribution is 8.00. The van der Waals surface area contributed by atoms with Gasteiger partial charge in [-0.05, 0) is 38.2 Å². The van der Waals surface area contributed by atoms with Gasteiger partial charge in [0.2, 0.25) is 5.91 Å². The first-order chi connectivity index (χ1) is 10.1. The van der Waals surface area contributed by atoms with Crippen LogP contribution in [0.5, 0.6) is 0 Å². The predicted molar refractivity (Wildman–Crippen MR) is 88.1 cm³/mol. The Morgan fingerprint density at radius 2 is 2.10 bits per heavy atom. The highest BCUT2D eigenvalue weighted by atomic mass is 32.2. The van der Waals surface area contributed by atoms with Crippen LogP contribution < -0.4 is 0 Å². The molecule has 2 heterocycles. The van der Waals surface area contributed by atoms with Crippen molar-refractivity contribution in [2.24, 2.45) is 0 Å². The van der Waals surface area contributed by atoms with E-state index in [2.05, 4.69) is 9.97 Å². The van der Waals surface area contributed by atoms with Gasteiger partial charge in [0.25, 0.3) is 0 Å². The van der Waals surface area contributed by atoms with Crippen LogP contribution >= 0.6 is 23.1 Å². The molecular formula is C15H19N3OS2. The van der Waals surface area contributed by atoms with Gasteiger partial charge in [0.1, 0.15) is 16.2 Å². The number of aryl methyl sites for hydroxylation is 2. The lowest BCUT2D eigenvalue weighted by molar-refractivity contribution is -0.127. The second-order valence-corrected chi connectivity index (χ2v) is 7.98. The first-order valence-corrected chi connectivity index (χ1v) is 8.90. The van der Waals surface area contributed by atoms with E-state index in [1.165, 1.54) is 28.7 Å². The molecule has 0 fully saturated rings. The first kappa shape index (κ1) is 14.8. The van der Waals surface area contributed by atoms with Gasteiger partial charge in [-0.3, -0.25) is 4.79 Å². The molecule has 0 N–H and O–H groups in total. The zero-order valence-electron chi connectivity index (χ0n) is 12.5. The summed E-state index contributed by atoms with van der Waals surface area (Å²) in [5.74, 6) is 0.121. The van der Waals surface area contributed by atoms with Crippen molar-refractivity contribution in [3.63, 3.8) is 0 Å². The lowest BCUT2D eigenvalue weighted by Crippen LogP contribution is -2.29. The lowest BCUT2D eigenvalue weighted by atomic mass is 9.97. The highest BCUT2D eigenvalue weighted by Gasteiger charge is 2.23. The molecule has 2 aromatic heterocycles. The highest BCUT2D eigenvalue weighted by Crippen LogP contribution is 2.40. The van der Waals surface area contributed by atoms with E-state index in [0.717, 1.165) is 22.7 Å². The van der Waals surface area contributed by atoms with Gasteiger partial charge < -0.3 is 4.90 Å². The molecular weight excluding hydrogens is 302 g/mol. The summed E-state index contributed by atoms with van der Waals surface area (Å²) in [4.78, 5) is 25.1. The van der Waals surface area contributed by atoms with E-state index in [-0.39, 0.29) is 11.2 Å². The van der Waals surface area contributed by atoms with E-state index >= 15 is 0 Å². The fraction of sp³-hybridized carbons (Fsp3) is 0.533. The van der Waals surface area contributed by atoms with Crippen LogP contribution in [-0.2, 0) is 17.6 Å². The summed E-state index contributed by atoms with van der Waals surface area (Å²) in [5.41, 5.74) is 1.42. The lowest BCUT2D eigenvalue weighted by Gasteiger charge is -2.17. The molecule has 0 radical (unpaired) electrons. The van der Waals surface area contributed by atoms with Gasteiger partial charge in [-0.2, -0.15) is 0 Å². The van der Waals surface area contributed by atoms with Crippen LogP contribution in [0, 0.1) is 0 Å².